The molecule has 0 spiro atoms. The highest BCUT2D eigenvalue weighted by molar-refractivity contribution is 6.43. The van der Waals surface area contributed by atoms with E-state index in [-0.39, 0.29) is 0 Å². The second kappa shape index (κ2) is 18.1. The highest BCUT2D eigenvalue weighted by Gasteiger charge is 2.36. The SMILES string of the molecule is CCCCCCn1c2ccccc2c2c3cccc4c5ccc6c7c(ccc(c(cc21)c43)c75)C(=O)N(CC(=O)O)C6=O.CCCCCCn1c2ccccc2c2c3cccc4c5ccc6c7c(ccc(c(cc21)c43)c75)C(=O)OC6=O. The summed E-state index contributed by atoms with van der Waals surface area (Å²) in [6.07, 6.45) is 9.54. The lowest BCUT2D eigenvalue weighted by Gasteiger charge is -2.27. The molecule has 14 aromatic rings. The van der Waals surface area contributed by atoms with Crippen molar-refractivity contribution in [2.24, 2.45) is 0 Å². The van der Waals surface area contributed by atoms with Gasteiger partial charge < -0.3 is 19.0 Å². The second-order valence-corrected chi connectivity index (χ2v) is 22.0. The summed E-state index contributed by atoms with van der Waals surface area (Å²) >= 11 is 0. The Bertz CT molecular complexity index is 5020. The van der Waals surface area contributed by atoms with Crippen LogP contribution in [0, 0.1) is 0 Å². The van der Waals surface area contributed by atoms with Crippen LogP contribution in [0.5, 0.6) is 0 Å². The molecule has 1 N–H and O–H groups in total. The fraction of sp³-hybridized carbons (Fsp3) is 0.186. The maximum atomic E-state index is 13.4. The van der Waals surface area contributed by atoms with Gasteiger partial charge >= 0.3 is 17.9 Å². The zero-order valence-electron chi connectivity index (χ0n) is 44.4. The first kappa shape index (κ1) is 47.8. The third-order valence-electron chi connectivity index (χ3n) is 17.6. The van der Waals surface area contributed by atoms with Crippen LogP contribution in [0.15, 0.2) is 146 Å². The van der Waals surface area contributed by atoms with E-state index in [9.17, 15) is 29.1 Å². The quantitative estimate of drug-likeness (QED) is 0.0322. The summed E-state index contributed by atoms with van der Waals surface area (Å²) in [6.45, 7) is 5.73. The molecule has 2 aliphatic heterocycles. The molecule has 2 aromatic heterocycles. The summed E-state index contributed by atoms with van der Waals surface area (Å²) in [4.78, 5) is 64.5. The van der Waals surface area contributed by atoms with Crippen LogP contribution in [0.3, 0.4) is 0 Å². The predicted octanol–water partition coefficient (Wildman–Crippen LogP) is 16.8. The smallest absolute Gasteiger partial charge is 0.346 e. The maximum Gasteiger partial charge on any atom is 0.346 e. The van der Waals surface area contributed by atoms with Gasteiger partial charge in [0.2, 0.25) is 0 Å². The number of carbonyl (C=O) groups is 5. The van der Waals surface area contributed by atoms with Crippen LogP contribution >= 0.6 is 0 Å². The fourth-order valence-electron chi connectivity index (χ4n) is 14.2. The molecule has 0 saturated heterocycles. The zero-order chi connectivity index (χ0) is 54.2. The number of cyclic esters (lactones) is 2. The molecular formula is C70H53N3O7. The fourth-order valence-corrected chi connectivity index (χ4v) is 14.2. The van der Waals surface area contributed by atoms with Crippen molar-refractivity contribution in [3.8, 4) is 0 Å². The molecule has 12 aromatic carbocycles. The monoisotopic (exact) mass is 1050 g/mol. The van der Waals surface area contributed by atoms with Crippen molar-refractivity contribution in [1.82, 2.24) is 14.0 Å². The Kier molecular flexibility index (Phi) is 10.8. The highest BCUT2D eigenvalue weighted by atomic mass is 16.6. The van der Waals surface area contributed by atoms with Crippen molar-refractivity contribution in [1.29, 1.82) is 0 Å². The Morgan fingerprint density at radius 2 is 0.762 bits per heavy atom. The average molecular weight is 1050 g/mol. The first-order valence-electron chi connectivity index (χ1n) is 28.2. The average Bonchev–Trinajstić information content (AvgIpc) is 4.00. The van der Waals surface area contributed by atoms with Crippen LogP contribution in [0.2, 0.25) is 0 Å². The van der Waals surface area contributed by atoms with Crippen molar-refractivity contribution in [3.63, 3.8) is 0 Å². The van der Waals surface area contributed by atoms with Crippen LogP contribution in [-0.2, 0) is 22.6 Å². The molecule has 16 rings (SSSR count). The Balaban J connectivity index is 0.000000139. The van der Waals surface area contributed by atoms with E-state index in [1.807, 2.05) is 36.4 Å². The molecule has 0 unspecified atom stereocenters. The molecule has 10 nitrogen and oxygen atoms in total. The summed E-state index contributed by atoms with van der Waals surface area (Å²) in [7, 11) is 0. The van der Waals surface area contributed by atoms with Crippen molar-refractivity contribution >= 4 is 160 Å². The molecule has 10 heteroatoms. The van der Waals surface area contributed by atoms with Gasteiger partial charge in [-0.15, -0.1) is 0 Å². The summed E-state index contributed by atoms with van der Waals surface area (Å²) in [5.41, 5.74) is 6.59. The first-order valence-corrected chi connectivity index (χ1v) is 28.2. The van der Waals surface area contributed by atoms with Crippen LogP contribution in [-0.4, -0.2) is 55.4 Å². The lowest BCUT2D eigenvalue weighted by atomic mass is 9.84. The molecule has 0 aliphatic carbocycles. The van der Waals surface area contributed by atoms with E-state index in [2.05, 4.69) is 120 Å². The molecule has 0 radical (unpaired) electrons. The van der Waals surface area contributed by atoms with Gasteiger partial charge in [0, 0.05) is 67.6 Å². The molecule has 2 aliphatic rings. The van der Waals surface area contributed by atoms with E-state index in [1.54, 1.807) is 12.1 Å². The second-order valence-electron chi connectivity index (χ2n) is 22.0. The number of nitrogens with zero attached hydrogens (tertiary/aromatic N) is 3. The van der Waals surface area contributed by atoms with Crippen LogP contribution in [0.4, 0.5) is 0 Å². The highest BCUT2D eigenvalue weighted by Crippen LogP contribution is 2.49. The largest absolute Gasteiger partial charge is 0.480 e. The van der Waals surface area contributed by atoms with Gasteiger partial charge in [-0.05, 0) is 137 Å². The Hall–Kier alpha value is -9.41. The Morgan fingerprint density at radius 1 is 0.375 bits per heavy atom. The van der Waals surface area contributed by atoms with Crippen LogP contribution in [0.1, 0.15) is 107 Å². The number of carbonyl (C=O) groups excluding carboxylic acids is 4. The van der Waals surface area contributed by atoms with Gasteiger partial charge in [-0.3, -0.25) is 19.3 Å². The first-order chi connectivity index (χ1) is 39.2. The van der Waals surface area contributed by atoms with E-state index in [0.29, 0.717) is 33.0 Å². The van der Waals surface area contributed by atoms with Gasteiger partial charge in [0.1, 0.15) is 6.54 Å². The third kappa shape index (κ3) is 6.68. The summed E-state index contributed by atoms with van der Waals surface area (Å²) < 4.78 is 9.99. The number of aromatic nitrogens is 2. The number of rotatable bonds is 12. The molecule has 2 amide bonds. The third-order valence-corrected chi connectivity index (χ3v) is 17.6. The summed E-state index contributed by atoms with van der Waals surface area (Å²) in [5.74, 6) is -3.49. The number of hydrogen-bond acceptors (Lipinski definition) is 6. The van der Waals surface area contributed by atoms with Gasteiger partial charge in [-0.1, -0.05) is 149 Å². The number of ether oxygens (including phenoxy) is 1. The molecule has 0 saturated carbocycles. The maximum absolute atomic E-state index is 13.4. The van der Waals surface area contributed by atoms with E-state index in [1.165, 1.54) is 104 Å². The predicted molar refractivity (Wildman–Crippen MR) is 322 cm³/mol. The van der Waals surface area contributed by atoms with Gasteiger partial charge in [0.05, 0.1) is 22.2 Å². The number of hydrogen-bond donors (Lipinski definition) is 1. The Labute approximate surface area is 458 Å². The van der Waals surface area contributed by atoms with Gasteiger partial charge in [0.25, 0.3) is 11.8 Å². The summed E-state index contributed by atoms with van der Waals surface area (Å²) in [6, 6.07) is 50.1. The van der Waals surface area contributed by atoms with Crippen molar-refractivity contribution in [2.45, 2.75) is 78.3 Å². The number of aryl methyl sites for hydroxylation is 2. The van der Waals surface area contributed by atoms with Crippen molar-refractivity contribution < 1.29 is 33.8 Å². The zero-order valence-corrected chi connectivity index (χ0v) is 44.4. The number of imide groups is 1. The number of amides is 2. The van der Waals surface area contributed by atoms with Crippen molar-refractivity contribution in [2.75, 3.05) is 6.54 Å². The van der Waals surface area contributed by atoms with Gasteiger partial charge in [0.15, 0.2) is 0 Å². The molecular weight excluding hydrogens is 995 g/mol. The number of aliphatic carboxylic acids is 1. The minimum absolute atomic E-state index is 0.369. The van der Waals surface area contributed by atoms with Crippen LogP contribution in [0.25, 0.3) is 130 Å². The number of benzene rings is 12. The lowest BCUT2D eigenvalue weighted by Crippen LogP contribution is -2.43. The van der Waals surface area contributed by atoms with E-state index in [4.69, 9.17) is 4.74 Å². The van der Waals surface area contributed by atoms with E-state index < -0.39 is 36.3 Å². The van der Waals surface area contributed by atoms with Crippen LogP contribution < -0.4 is 0 Å². The number of fused-ring (bicyclic) bond motifs is 12. The molecule has 390 valence electrons. The minimum Gasteiger partial charge on any atom is -0.480 e. The number of carboxylic acids is 1. The molecule has 0 atom stereocenters. The topological polar surface area (TPSA) is 128 Å². The number of esters is 2. The molecule has 0 fully saturated rings. The van der Waals surface area contributed by atoms with Gasteiger partial charge in [-0.25, -0.2) is 9.59 Å². The molecule has 4 heterocycles. The number of unbranched alkanes of at least 4 members (excludes halogenated alkanes) is 6. The summed E-state index contributed by atoms with van der Waals surface area (Å²) in [5, 5.41) is 31.0. The van der Waals surface area contributed by atoms with E-state index in [0.717, 1.165) is 84.7 Å². The number of carboxylic acid groups (broad SMARTS) is 1. The Morgan fingerprint density at radius 3 is 1.21 bits per heavy atom. The number of para-hydroxylation sites is 2. The molecule has 0 bridgehead atoms. The normalized spacial score (nSPS) is 13.7. The minimum atomic E-state index is -1.22. The van der Waals surface area contributed by atoms with Crippen molar-refractivity contribution in [3.05, 3.63) is 168 Å². The lowest BCUT2D eigenvalue weighted by molar-refractivity contribution is -0.137. The van der Waals surface area contributed by atoms with Gasteiger partial charge in [-0.2, -0.15) is 0 Å². The molecule has 80 heavy (non-hydrogen) atoms. The van der Waals surface area contributed by atoms with E-state index >= 15 is 0 Å². The standard InChI is InChI=1S/C36H28N2O4.C34H25NO3/c1-2-3-4-7-17-37-28-12-6-5-9-23(28)32-24-11-8-10-20-21-13-15-25-34-26(36(42)38(35(25)41)19-30(39)40)16-14-22(33(21)34)27(31(20)24)18-29(32)37;1-2-3-4-7-17-35-27-12-6-5-9-22(27)30-23-11-8-10-19-20-13-15-24-32-25(34(37)38-33(24)36)16-14-21(31(20)32)26(29(19)23)18-28(30)35/h5-6,8-16,18H,2-4,7,17,19H2,1H3,(H,39,40);5-6,8-16,18H,2-4,7,17H2,1H3.